The molecule has 0 aromatic heterocycles. The van der Waals surface area contributed by atoms with Crippen LogP contribution in [0.25, 0.3) is 0 Å². The second kappa shape index (κ2) is 8.91. The summed E-state index contributed by atoms with van der Waals surface area (Å²) in [6, 6.07) is 14.3. The van der Waals surface area contributed by atoms with Crippen LogP contribution in [0.2, 0.25) is 0 Å². The van der Waals surface area contributed by atoms with Crippen LogP contribution in [-0.4, -0.2) is 27.1 Å². The highest BCUT2D eigenvalue weighted by Gasteiger charge is 2.17. The monoisotopic (exact) mass is 406 g/mol. The summed E-state index contributed by atoms with van der Waals surface area (Å²) in [5, 5.41) is 2.78. The van der Waals surface area contributed by atoms with Crippen molar-refractivity contribution in [2.24, 2.45) is 0 Å². The molecule has 0 saturated carbocycles. The predicted molar refractivity (Wildman–Crippen MR) is 112 cm³/mol. The first-order valence-corrected chi connectivity index (χ1v) is 11.4. The zero-order valence-electron chi connectivity index (χ0n) is 16.1. The number of sulfonamides is 1. The molecule has 0 heterocycles. The first-order chi connectivity index (χ1) is 12.6. The minimum Gasteiger partial charge on any atom is -0.326 e. The van der Waals surface area contributed by atoms with E-state index in [1.807, 2.05) is 36.6 Å². The maximum absolute atomic E-state index is 12.4. The molecule has 0 bridgehead atoms. The number of anilines is 1. The Balaban J connectivity index is 1.90. The van der Waals surface area contributed by atoms with Crippen molar-refractivity contribution in [1.82, 2.24) is 4.72 Å². The summed E-state index contributed by atoms with van der Waals surface area (Å²) in [4.78, 5) is 13.3. The van der Waals surface area contributed by atoms with E-state index in [-0.39, 0.29) is 29.2 Å². The van der Waals surface area contributed by atoms with Crippen LogP contribution in [0.15, 0.2) is 58.3 Å². The number of nitrogens with one attached hydrogen (secondary N) is 2. The molecule has 146 valence electrons. The first-order valence-electron chi connectivity index (χ1n) is 8.66. The van der Waals surface area contributed by atoms with Crippen molar-refractivity contribution < 1.29 is 13.2 Å². The zero-order chi connectivity index (χ0) is 20.1. The number of benzene rings is 2. The fourth-order valence-corrected chi connectivity index (χ4v) is 3.93. The van der Waals surface area contributed by atoms with Crippen LogP contribution in [0.1, 0.15) is 32.8 Å². The summed E-state index contributed by atoms with van der Waals surface area (Å²) in [6.45, 7) is 6.25. The van der Waals surface area contributed by atoms with Crippen LogP contribution in [0.5, 0.6) is 0 Å². The molecular weight excluding hydrogens is 380 g/mol. The van der Waals surface area contributed by atoms with E-state index in [4.69, 9.17) is 0 Å². The summed E-state index contributed by atoms with van der Waals surface area (Å²) in [5.41, 5.74) is 1.72. The second-order valence-corrected chi connectivity index (χ2v) is 9.85. The van der Waals surface area contributed by atoms with Gasteiger partial charge in [0.25, 0.3) is 0 Å². The minimum absolute atomic E-state index is 0.0391. The molecule has 0 aliphatic heterocycles. The van der Waals surface area contributed by atoms with E-state index < -0.39 is 10.0 Å². The molecule has 2 rings (SSSR count). The summed E-state index contributed by atoms with van der Waals surface area (Å²) in [7, 11) is -3.64. The number of hydrogen-bond acceptors (Lipinski definition) is 4. The summed E-state index contributed by atoms with van der Waals surface area (Å²) < 4.78 is 27.2. The normalized spacial score (nSPS) is 12.0. The fraction of sp³-hybridized carbons (Fsp3) is 0.350. The zero-order valence-corrected chi connectivity index (χ0v) is 17.7. The van der Waals surface area contributed by atoms with Gasteiger partial charge in [0.05, 0.1) is 4.90 Å². The molecular formula is C20H26N2O3S2. The Hall–Kier alpha value is -1.83. The number of carbonyl (C=O) groups excluding carboxylic acids is 1. The van der Waals surface area contributed by atoms with Crippen molar-refractivity contribution in [2.75, 3.05) is 18.1 Å². The largest absolute Gasteiger partial charge is 0.326 e. The third-order valence-electron chi connectivity index (χ3n) is 4.03. The van der Waals surface area contributed by atoms with Crippen LogP contribution >= 0.6 is 11.8 Å². The molecule has 0 atom stereocenters. The smallest absolute Gasteiger partial charge is 0.240 e. The summed E-state index contributed by atoms with van der Waals surface area (Å²) >= 11 is 1.59. The van der Waals surface area contributed by atoms with Crippen molar-refractivity contribution in [3.05, 3.63) is 54.1 Å². The molecule has 5 nitrogen and oxygen atoms in total. The lowest BCUT2D eigenvalue weighted by Gasteiger charge is -2.19. The molecule has 2 aromatic rings. The predicted octanol–water partition coefficient (Wildman–Crippen LogP) is 4.01. The fourth-order valence-electron chi connectivity index (χ4n) is 2.44. The number of thioether (sulfide) groups is 1. The standard InChI is InChI=1S/C20H26N2O3S2/c1-20(2,3)15-8-10-18(11-9-15)27(24,25)21-13-12-19(23)22-16-6-5-7-17(14-16)26-4/h5-11,14,21H,12-13H2,1-4H3,(H,22,23). The topological polar surface area (TPSA) is 75.3 Å². The number of hydrogen-bond donors (Lipinski definition) is 2. The van der Waals surface area contributed by atoms with Crippen molar-refractivity contribution in [2.45, 2.75) is 42.4 Å². The van der Waals surface area contributed by atoms with Crippen molar-refractivity contribution in [1.29, 1.82) is 0 Å². The quantitative estimate of drug-likeness (QED) is 0.681. The van der Waals surface area contributed by atoms with Gasteiger partial charge in [0.15, 0.2) is 0 Å². The van der Waals surface area contributed by atoms with Crippen molar-refractivity contribution >= 4 is 33.4 Å². The van der Waals surface area contributed by atoms with E-state index in [0.29, 0.717) is 5.69 Å². The van der Waals surface area contributed by atoms with Gasteiger partial charge in [-0.15, -0.1) is 11.8 Å². The third-order valence-corrected chi connectivity index (χ3v) is 6.23. The highest BCUT2D eigenvalue weighted by molar-refractivity contribution is 7.98. The van der Waals surface area contributed by atoms with Crippen LogP contribution in [0.4, 0.5) is 5.69 Å². The van der Waals surface area contributed by atoms with Gasteiger partial charge >= 0.3 is 0 Å². The lowest BCUT2D eigenvalue weighted by atomic mass is 9.87. The molecule has 0 radical (unpaired) electrons. The number of carbonyl (C=O) groups is 1. The highest BCUT2D eigenvalue weighted by Crippen LogP contribution is 2.23. The Labute approximate surface area is 166 Å². The van der Waals surface area contributed by atoms with Crippen LogP contribution in [0, 0.1) is 0 Å². The van der Waals surface area contributed by atoms with Gasteiger partial charge in [-0.2, -0.15) is 0 Å². The van der Waals surface area contributed by atoms with E-state index in [0.717, 1.165) is 10.5 Å². The maximum Gasteiger partial charge on any atom is 0.240 e. The molecule has 0 saturated heterocycles. The summed E-state index contributed by atoms with van der Waals surface area (Å²) in [6.07, 6.45) is 2.02. The van der Waals surface area contributed by atoms with E-state index in [1.165, 1.54) is 0 Å². The third kappa shape index (κ3) is 6.37. The van der Waals surface area contributed by atoms with Crippen LogP contribution in [0.3, 0.4) is 0 Å². The van der Waals surface area contributed by atoms with Crippen LogP contribution < -0.4 is 10.0 Å². The molecule has 0 spiro atoms. The van der Waals surface area contributed by atoms with Crippen molar-refractivity contribution in [3.8, 4) is 0 Å². The van der Waals surface area contributed by atoms with Crippen LogP contribution in [-0.2, 0) is 20.2 Å². The Kier molecular flexibility index (Phi) is 7.08. The average molecular weight is 407 g/mol. The second-order valence-electron chi connectivity index (χ2n) is 7.20. The van der Waals surface area contributed by atoms with Gasteiger partial charge in [0.1, 0.15) is 0 Å². The lowest BCUT2D eigenvalue weighted by molar-refractivity contribution is -0.116. The minimum atomic E-state index is -3.64. The van der Waals surface area contributed by atoms with Gasteiger partial charge < -0.3 is 5.32 Å². The molecule has 7 heteroatoms. The van der Waals surface area contributed by atoms with E-state index >= 15 is 0 Å². The van der Waals surface area contributed by atoms with Gasteiger partial charge in [-0.25, -0.2) is 13.1 Å². The Bertz CT molecular complexity index is 886. The van der Waals surface area contributed by atoms with Crippen molar-refractivity contribution in [3.63, 3.8) is 0 Å². The van der Waals surface area contributed by atoms with E-state index in [1.54, 1.807) is 30.0 Å². The molecule has 0 unspecified atom stereocenters. The molecule has 2 N–H and O–H groups in total. The number of amides is 1. The molecule has 27 heavy (non-hydrogen) atoms. The lowest BCUT2D eigenvalue weighted by Crippen LogP contribution is -2.28. The SMILES string of the molecule is CSc1cccc(NC(=O)CCNS(=O)(=O)c2ccc(C(C)(C)C)cc2)c1. The number of rotatable bonds is 7. The molecule has 0 aliphatic rings. The Morgan fingerprint density at radius 1 is 1.07 bits per heavy atom. The van der Waals surface area contributed by atoms with Gasteiger partial charge in [0, 0.05) is 23.5 Å². The molecule has 1 amide bonds. The molecule has 2 aromatic carbocycles. The van der Waals surface area contributed by atoms with Gasteiger partial charge in [-0.3, -0.25) is 4.79 Å². The van der Waals surface area contributed by atoms with E-state index in [2.05, 4.69) is 30.8 Å². The molecule has 0 aliphatic carbocycles. The average Bonchev–Trinajstić information content (AvgIpc) is 2.61. The van der Waals surface area contributed by atoms with Gasteiger partial charge in [-0.1, -0.05) is 39.0 Å². The Morgan fingerprint density at radius 2 is 1.74 bits per heavy atom. The van der Waals surface area contributed by atoms with Gasteiger partial charge in [-0.05, 0) is 47.6 Å². The van der Waals surface area contributed by atoms with Gasteiger partial charge in [0.2, 0.25) is 15.9 Å². The van der Waals surface area contributed by atoms with E-state index in [9.17, 15) is 13.2 Å². The maximum atomic E-state index is 12.4. The highest BCUT2D eigenvalue weighted by atomic mass is 32.2. The first kappa shape index (κ1) is 21.5. The summed E-state index contributed by atoms with van der Waals surface area (Å²) in [5.74, 6) is -0.237. The Morgan fingerprint density at radius 3 is 2.33 bits per heavy atom. The molecule has 0 fully saturated rings.